The summed E-state index contributed by atoms with van der Waals surface area (Å²) in [7, 11) is 1.63. The van der Waals surface area contributed by atoms with Crippen molar-refractivity contribution in [2.75, 3.05) is 18.9 Å². The van der Waals surface area contributed by atoms with Crippen LogP contribution in [0.4, 0.5) is 5.82 Å². The minimum absolute atomic E-state index is 0.0310. The highest BCUT2D eigenvalue weighted by atomic mass is 16.1. The Hall–Kier alpha value is -1.58. The number of aromatic nitrogens is 1. The lowest BCUT2D eigenvalue weighted by Gasteiger charge is -2.03. The largest absolute Gasteiger partial charge is 0.370 e. The van der Waals surface area contributed by atoms with Crippen LogP contribution in [0.5, 0.6) is 0 Å². The minimum atomic E-state index is 0.0310. The lowest BCUT2D eigenvalue weighted by molar-refractivity contribution is -0.120. The molecule has 1 aromatic heterocycles. The molecule has 70 valence electrons. The van der Waals surface area contributed by atoms with E-state index >= 15 is 0 Å². The van der Waals surface area contributed by atoms with Crippen molar-refractivity contribution in [3.8, 4) is 0 Å². The van der Waals surface area contributed by atoms with E-state index in [9.17, 15) is 4.79 Å². The molecule has 0 aliphatic rings. The van der Waals surface area contributed by atoms with Crippen molar-refractivity contribution >= 4 is 11.7 Å². The molecular formula is C9H13N3O. The predicted molar refractivity (Wildman–Crippen MR) is 51.4 cm³/mol. The van der Waals surface area contributed by atoms with Crippen molar-refractivity contribution < 1.29 is 4.79 Å². The number of rotatable bonds is 4. The van der Waals surface area contributed by atoms with Crippen LogP contribution >= 0.6 is 0 Å². The Labute approximate surface area is 77.4 Å². The molecule has 13 heavy (non-hydrogen) atoms. The van der Waals surface area contributed by atoms with Crippen molar-refractivity contribution in [3.05, 3.63) is 24.4 Å². The van der Waals surface area contributed by atoms with E-state index in [2.05, 4.69) is 15.6 Å². The molecule has 1 heterocycles. The molecule has 4 heteroatoms. The Morgan fingerprint density at radius 1 is 1.54 bits per heavy atom. The number of hydrogen-bond acceptors (Lipinski definition) is 3. The highest BCUT2D eigenvalue weighted by molar-refractivity contribution is 5.75. The first kappa shape index (κ1) is 9.51. The molecule has 0 aromatic carbocycles. The van der Waals surface area contributed by atoms with E-state index in [4.69, 9.17) is 0 Å². The van der Waals surface area contributed by atoms with E-state index in [0.717, 1.165) is 5.82 Å². The normalized spacial score (nSPS) is 9.31. The van der Waals surface area contributed by atoms with Gasteiger partial charge in [0.15, 0.2) is 0 Å². The molecule has 1 aromatic rings. The fourth-order valence-corrected chi connectivity index (χ4v) is 0.896. The maximum absolute atomic E-state index is 10.8. The van der Waals surface area contributed by atoms with Crippen LogP contribution in [0.15, 0.2) is 24.4 Å². The number of pyridine rings is 1. The van der Waals surface area contributed by atoms with Gasteiger partial charge in [-0.15, -0.1) is 0 Å². The smallest absolute Gasteiger partial charge is 0.221 e. The van der Waals surface area contributed by atoms with E-state index in [-0.39, 0.29) is 5.91 Å². The molecule has 0 fully saturated rings. The molecule has 0 saturated carbocycles. The first-order chi connectivity index (χ1) is 6.33. The molecule has 0 saturated heterocycles. The average Bonchev–Trinajstić information content (AvgIpc) is 2.19. The second kappa shape index (κ2) is 5.13. The van der Waals surface area contributed by atoms with E-state index in [1.54, 1.807) is 13.2 Å². The SMILES string of the molecule is CNC(=O)CCNc1ccccn1. The first-order valence-corrected chi connectivity index (χ1v) is 4.18. The number of carbonyl (C=O) groups excluding carboxylic acids is 1. The van der Waals surface area contributed by atoms with E-state index < -0.39 is 0 Å². The fraction of sp³-hybridized carbons (Fsp3) is 0.333. The van der Waals surface area contributed by atoms with Crippen LogP contribution in [-0.4, -0.2) is 24.5 Å². The maximum atomic E-state index is 10.8. The summed E-state index contributed by atoms with van der Waals surface area (Å²) in [6.45, 7) is 0.608. The van der Waals surface area contributed by atoms with Crippen molar-refractivity contribution in [2.24, 2.45) is 0 Å². The van der Waals surface area contributed by atoms with Gasteiger partial charge in [0.05, 0.1) is 0 Å². The summed E-state index contributed by atoms with van der Waals surface area (Å²) in [5.74, 6) is 0.829. The number of nitrogens with zero attached hydrogens (tertiary/aromatic N) is 1. The molecule has 4 nitrogen and oxygen atoms in total. The molecule has 0 bridgehead atoms. The standard InChI is InChI=1S/C9H13N3O/c1-10-9(13)5-7-12-8-4-2-3-6-11-8/h2-4,6H,5,7H2,1H3,(H,10,13)(H,11,12). The zero-order chi connectivity index (χ0) is 9.52. The summed E-state index contributed by atoms with van der Waals surface area (Å²) < 4.78 is 0. The van der Waals surface area contributed by atoms with Gasteiger partial charge in [-0.2, -0.15) is 0 Å². The number of hydrogen-bond donors (Lipinski definition) is 2. The quantitative estimate of drug-likeness (QED) is 0.712. The monoisotopic (exact) mass is 179 g/mol. The van der Waals surface area contributed by atoms with Crippen LogP contribution in [0, 0.1) is 0 Å². The lowest BCUT2D eigenvalue weighted by Crippen LogP contribution is -2.20. The van der Waals surface area contributed by atoms with Crippen molar-refractivity contribution in [2.45, 2.75) is 6.42 Å². The third-order valence-corrected chi connectivity index (χ3v) is 1.60. The molecule has 1 amide bonds. The van der Waals surface area contributed by atoms with Crippen molar-refractivity contribution in [1.29, 1.82) is 0 Å². The zero-order valence-corrected chi connectivity index (χ0v) is 7.58. The molecule has 0 spiro atoms. The van der Waals surface area contributed by atoms with Gasteiger partial charge in [0, 0.05) is 26.2 Å². The minimum Gasteiger partial charge on any atom is -0.370 e. The Morgan fingerprint density at radius 3 is 3.00 bits per heavy atom. The fourth-order valence-electron chi connectivity index (χ4n) is 0.896. The van der Waals surface area contributed by atoms with Crippen LogP contribution in [0.25, 0.3) is 0 Å². The third-order valence-electron chi connectivity index (χ3n) is 1.60. The van der Waals surface area contributed by atoms with Crippen molar-refractivity contribution in [1.82, 2.24) is 10.3 Å². The van der Waals surface area contributed by atoms with Crippen LogP contribution in [0.3, 0.4) is 0 Å². The lowest BCUT2D eigenvalue weighted by atomic mass is 10.4. The van der Waals surface area contributed by atoms with Gasteiger partial charge in [-0.3, -0.25) is 4.79 Å². The number of anilines is 1. The van der Waals surface area contributed by atoms with E-state index in [0.29, 0.717) is 13.0 Å². The van der Waals surface area contributed by atoms with Crippen LogP contribution in [-0.2, 0) is 4.79 Å². The Balaban J connectivity index is 2.24. The van der Waals surface area contributed by atoms with Gasteiger partial charge in [0.1, 0.15) is 5.82 Å². The second-order valence-corrected chi connectivity index (χ2v) is 2.56. The molecule has 0 unspecified atom stereocenters. The number of amides is 1. The second-order valence-electron chi connectivity index (χ2n) is 2.56. The molecule has 0 atom stereocenters. The summed E-state index contributed by atoms with van der Waals surface area (Å²) in [6.07, 6.45) is 2.18. The van der Waals surface area contributed by atoms with E-state index in [1.807, 2.05) is 18.2 Å². The topological polar surface area (TPSA) is 54.0 Å². The van der Waals surface area contributed by atoms with Gasteiger partial charge in [-0.25, -0.2) is 4.98 Å². The van der Waals surface area contributed by atoms with Gasteiger partial charge in [-0.05, 0) is 12.1 Å². The Kier molecular flexibility index (Phi) is 3.75. The maximum Gasteiger partial charge on any atom is 0.221 e. The molecule has 1 rings (SSSR count). The summed E-state index contributed by atoms with van der Waals surface area (Å²) in [6, 6.07) is 5.61. The van der Waals surface area contributed by atoms with Gasteiger partial charge < -0.3 is 10.6 Å². The highest BCUT2D eigenvalue weighted by Gasteiger charge is 1.96. The average molecular weight is 179 g/mol. The molecule has 0 radical (unpaired) electrons. The summed E-state index contributed by atoms with van der Waals surface area (Å²) >= 11 is 0. The number of carbonyl (C=O) groups is 1. The summed E-state index contributed by atoms with van der Waals surface area (Å²) in [5, 5.41) is 5.59. The van der Waals surface area contributed by atoms with Crippen LogP contribution in [0.1, 0.15) is 6.42 Å². The van der Waals surface area contributed by atoms with Crippen LogP contribution < -0.4 is 10.6 Å². The van der Waals surface area contributed by atoms with E-state index in [1.165, 1.54) is 0 Å². The summed E-state index contributed by atoms with van der Waals surface area (Å²) in [5.41, 5.74) is 0. The Bertz CT molecular complexity index is 261. The van der Waals surface area contributed by atoms with Gasteiger partial charge in [0.2, 0.25) is 5.91 Å². The number of nitrogens with one attached hydrogen (secondary N) is 2. The molecule has 2 N–H and O–H groups in total. The van der Waals surface area contributed by atoms with Gasteiger partial charge in [0.25, 0.3) is 0 Å². The predicted octanol–water partition coefficient (Wildman–Crippen LogP) is 0.630. The van der Waals surface area contributed by atoms with Crippen molar-refractivity contribution in [3.63, 3.8) is 0 Å². The zero-order valence-electron chi connectivity index (χ0n) is 7.58. The molecular weight excluding hydrogens is 166 g/mol. The van der Waals surface area contributed by atoms with Gasteiger partial charge >= 0.3 is 0 Å². The summed E-state index contributed by atoms with van der Waals surface area (Å²) in [4.78, 5) is 14.9. The first-order valence-electron chi connectivity index (χ1n) is 4.18. The molecule has 0 aliphatic carbocycles. The van der Waals surface area contributed by atoms with Crippen LogP contribution in [0.2, 0.25) is 0 Å². The molecule has 0 aliphatic heterocycles. The third kappa shape index (κ3) is 3.55. The Morgan fingerprint density at radius 2 is 2.38 bits per heavy atom. The highest BCUT2D eigenvalue weighted by Crippen LogP contribution is 1.98. The van der Waals surface area contributed by atoms with Gasteiger partial charge in [-0.1, -0.05) is 6.07 Å².